The molecule has 1 saturated heterocycles. The van der Waals surface area contributed by atoms with E-state index in [0.29, 0.717) is 14.9 Å². The van der Waals surface area contributed by atoms with Gasteiger partial charge in [0.1, 0.15) is 12.0 Å². The first-order chi connectivity index (χ1) is 15.8. The van der Waals surface area contributed by atoms with Gasteiger partial charge in [0.05, 0.1) is 33.2 Å². The van der Waals surface area contributed by atoms with Crippen LogP contribution in [0.1, 0.15) is 9.67 Å². The average molecular weight is 493 g/mol. The largest absolute Gasteiger partial charge is 0.344 e. The van der Waals surface area contributed by atoms with Crippen LogP contribution in [-0.4, -0.2) is 53.1 Å². The number of hydrogen-bond acceptors (Lipinski definition) is 5. The van der Waals surface area contributed by atoms with E-state index in [1.165, 1.54) is 29.0 Å². The van der Waals surface area contributed by atoms with Crippen molar-refractivity contribution in [2.75, 3.05) is 25.0 Å². The van der Waals surface area contributed by atoms with Crippen LogP contribution in [0.25, 0.3) is 5.69 Å². The van der Waals surface area contributed by atoms with Crippen LogP contribution in [0.5, 0.6) is 0 Å². The van der Waals surface area contributed by atoms with Gasteiger partial charge in [-0.15, -0.1) is 11.3 Å². The second kappa shape index (κ2) is 9.82. The Bertz CT molecular complexity index is 1250. The van der Waals surface area contributed by atoms with E-state index < -0.39 is 29.8 Å². The zero-order valence-corrected chi connectivity index (χ0v) is 18.7. The summed E-state index contributed by atoms with van der Waals surface area (Å²) in [5.74, 6) is -1.66. The van der Waals surface area contributed by atoms with E-state index in [1.54, 1.807) is 29.2 Å². The third kappa shape index (κ3) is 5.47. The number of carbonyl (C=O) groups excluding carboxylic acids is 2. The molecule has 11 heteroatoms. The van der Waals surface area contributed by atoms with Gasteiger partial charge in [0.15, 0.2) is 0 Å². The molecule has 1 fully saturated rings. The van der Waals surface area contributed by atoms with Crippen molar-refractivity contribution < 1.29 is 18.4 Å². The minimum Gasteiger partial charge on any atom is -0.344 e. The van der Waals surface area contributed by atoms with Gasteiger partial charge < -0.3 is 10.6 Å². The minimum absolute atomic E-state index is 0.0398. The van der Waals surface area contributed by atoms with Gasteiger partial charge in [0.2, 0.25) is 5.91 Å². The summed E-state index contributed by atoms with van der Waals surface area (Å²) < 4.78 is 30.6. The number of hydrogen-bond donors (Lipinski definition) is 2. The van der Waals surface area contributed by atoms with E-state index in [-0.39, 0.29) is 30.9 Å². The summed E-state index contributed by atoms with van der Waals surface area (Å²) in [5.41, 5.74) is -0.0445. The number of nitrogens with one attached hydrogen (secondary N) is 2. The molecule has 2 amide bonds. The van der Waals surface area contributed by atoms with Crippen molar-refractivity contribution in [1.29, 1.82) is 0 Å². The number of likely N-dealkylation sites (tertiary alicyclic amines) is 1. The highest BCUT2D eigenvalue weighted by atomic mass is 35.5. The maximum Gasteiger partial charge on any atom is 0.261 e. The zero-order chi connectivity index (χ0) is 23.5. The molecule has 172 valence electrons. The van der Waals surface area contributed by atoms with Crippen molar-refractivity contribution >= 4 is 40.4 Å². The molecule has 1 aromatic carbocycles. The number of pyridine rings is 1. The van der Waals surface area contributed by atoms with Gasteiger partial charge in [0.25, 0.3) is 11.5 Å². The Hall–Kier alpha value is -3.08. The van der Waals surface area contributed by atoms with Crippen LogP contribution in [0, 0.1) is 5.82 Å². The molecule has 3 aromatic rings. The van der Waals surface area contributed by atoms with Gasteiger partial charge in [-0.05, 0) is 30.3 Å². The molecule has 4 rings (SSSR count). The predicted octanol–water partition coefficient (Wildman–Crippen LogP) is 3.08. The number of benzene rings is 1. The Labute approximate surface area is 196 Å². The number of amides is 2. The monoisotopic (exact) mass is 492 g/mol. The van der Waals surface area contributed by atoms with E-state index in [1.807, 2.05) is 0 Å². The summed E-state index contributed by atoms with van der Waals surface area (Å²) in [4.78, 5) is 38.4. The van der Waals surface area contributed by atoms with Crippen LogP contribution in [0.3, 0.4) is 0 Å². The maximum absolute atomic E-state index is 14.5. The van der Waals surface area contributed by atoms with Crippen molar-refractivity contribution in [1.82, 2.24) is 14.8 Å². The molecule has 2 unspecified atom stereocenters. The lowest BCUT2D eigenvalue weighted by atomic mass is 10.2. The predicted molar refractivity (Wildman–Crippen MR) is 123 cm³/mol. The molecule has 0 radical (unpaired) electrons. The average Bonchev–Trinajstić information content (AvgIpc) is 3.35. The van der Waals surface area contributed by atoms with Gasteiger partial charge in [-0.25, -0.2) is 8.78 Å². The summed E-state index contributed by atoms with van der Waals surface area (Å²) in [5, 5.41) is 5.09. The first-order valence-corrected chi connectivity index (χ1v) is 11.2. The van der Waals surface area contributed by atoms with Crippen LogP contribution < -0.4 is 16.2 Å². The molecule has 0 spiro atoms. The SMILES string of the molecule is O=C(CN1CC(F)C(NC(=O)c2ccc(Cl)s2)C1)Nc1ccc(-n2ccccc2=O)cc1F. The van der Waals surface area contributed by atoms with Crippen molar-refractivity contribution in [2.24, 2.45) is 0 Å². The van der Waals surface area contributed by atoms with E-state index in [2.05, 4.69) is 10.6 Å². The maximum atomic E-state index is 14.5. The first kappa shape index (κ1) is 23.1. The van der Waals surface area contributed by atoms with Crippen LogP contribution in [-0.2, 0) is 4.79 Å². The Kier molecular flexibility index (Phi) is 6.87. The molecular formula is C22H19ClF2N4O3S. The summed E-state index contributed by atoms with van der Waals surface area (Å²) in [6.45, 7) is -0.0728. The van der Waals surface area contributed by atoms with Gasteiger partial charge in [-0.2, -0.15) is 0 Å². The molecule has 2 atom stereocenters. The van der Waals surface area contributed by atoms with Crippen LogP contribution in [0.4, 0.5) is 14.5 Å². The quantitative estimate of drug-likeness (QED) is 0.554. The lowest BCUT2D eigenvalue weighted by molar-refractivity contribution is -0.117. The number of carbonyl (C=O) groups is 2. The van der Waals surface area contributed by atoms with Crippen molar-refractivity contribution in [3.8, 4) is 5.69 Å². The lowest BCUT2D eigenvalue weighted by Gasteiger charge is -2.16. The van der Waals surface area contributed by atoms with Gasteiger partial charge in [-0.3, -0.25) is 23.9 Å². The van der Waals surface area contributed by atoms with E-state index in [9.17, 15) is 23.2 Å². The molecule has 0 bridgehead atoms. The van der Waals surface area contributed by atoms with Crippen LogP contribution in [0.2, 0.25) is 4.34 Å². The summed E-state index contributed by atoms with van der Waals surface area (Å²) in [7, 11) is 0. The Morgan fingerprint density at radius 3 is 2.67 bits per heavy atom. The molecule has 3 heterocycles. The second-order valence-corrected chi connectivity index (χ2v) is 9.23. The normalized spacial score (nSPS) is 18.3. The van der Waals surface area contributed by atoms with Crippen molar-refractivity contribution in [3.05, 3.63) is 80.1 Å². The van der Waals surface area contributed by atoms with Gasteiger partial charge in [0, 0.05) is 31.4 Å². The smallest absolute Gasteiger partial charge is 0.261 e. The van der Waals surface area contributed by atoms with Gasteiger partial charge in [-0.1, -0.05) is 17.7 Å². The topological polar surface area (TPSA) is 83.4 Å². The molecule has 33 heavy (non-hydrogen) atoms. The highest BCUT2D eigenvalue weighted by Gasteiger charge is 2.35. The molecule has 0 aliphatic carbocycles. The molecule has 1 aliphatic rings. The number of nitrogens with zero attached hydrogens (tertiary/aromatic N) is 2. The highest BCUT2D eigenvalue weighted by Crippen LogP contribution is 2.22. The van der Waals surface area contributed by atoms with Crippen molar-refractivity contribution in [3.63, 3.8) is 0 Å². The number of anilines is 1. The number of aromatic nitrogens is 1. The lowest BCUT2D eigenvalue weighted by Crippen LogP contribution is -2.41. The fraction of sp³-hybridized carbons (Fsp3) is 0.227. The van der Waals surface area contributed by atoms with Crippen LogP contribution >= 0.6 is 22.9 Å². The Morgan fingerprint density at radius 1 is 1.15 bits per heavy atom. The summed E-state index contributed by atoms with van der Waals surface area (Å²) >= 11 is 6.92. The molecule has 1 aliphatic heterocycles. The van der Waals surface area contributed by atoms with Crippen molar-refractivity contribution in [2.45, 2.75) is 12.2 Å². The van der Waals surface area contributed by atoms with E-state index in [0.717, 1.165) is 17.4 Å². The molecular weight excluding hydrogens is 474 g/mol. The number of thiophene rings is 1. The molecule has 2 N–H and O–H groups in total. The van der Waals surface area contributed by atoms with Crippen LogP contribution in [0.15, 0.2) is 59.5 Å². The number of rotatable bonds is 6. The third-order valence-electron chi connectivity index (χ3n) is 5.13. The van der Waals surface area contributed by atoms with E-state index in [4.69, 9.17) is 11.6 Å². The number of halogens is 3. The molecule has 7 nitrogen and oxygen atoms in total. The minimum atomic E-state index is -1.35. The second-order valence-electron chi connectivity index (χ2n) is 7.51. The molecule has 2 aromatic heterocycles. The first-order valence-electron chi connectivity index (χ1n) is 10.0. The van der Waals surface area contributed by atoms with Gasteiger partial charge >= 0.3 is 0 Å². The standard InChI is InChI=1S/C22H19ClF2N4O3S/c23-19-7-6-18(33-19)22(32)27-17-11-28(10-15(17)25)12-20(30)26-16-5-4-13(9-14(16)24)29-8-2-1-3-21(29)31/h1-9,15,17H,10-12H2,(H,26,30)(H,27,32). The fourth-order valence-electron chi connectivity index (χ4n) is 3.57. The Balaban J connectivity index is 1.34. The highest BCUT2D eigenvalue weighted by molar-refractivity contribution is 7.18. The number of alkyl halides is 1. The third-order valence-corrected chi connectivity index (χ3v) is 6.36. The van der Waals surface area contributed by atoms with E-state index >= 15 is 0 Å². The molecule has 0 saturated carbocycles. The Morgan fingerprint density at radius 2 is 1.97 bits per heavy atom. The fourth-order valence-corrected chi connectivity index (χ4v) is 4.52. The summed E-state index contributed by atoms with van der Waals surface area (Å²) in [6.07, 6.45) is 0.163. The summed E-state index contributed by atoms with van der Waals surface area (Å²) in [6, 6.07) is 11.0. The zero-order valence-electron chi connectivity index (χ0n) is 17.1.